The molecule has 0 atom stereocenters. The Bertz CT molecular complexity index is 250. The summed E-state index contributed by atoms with van der Waals surface area (Å²) in [5, 5.41) is 9.05. The minimum atomic E-state index is 0. The highest BCUT2D eigenvalue weighted by Gasteiger charge is 2.01. The molecule has 0 aromatic heterocycles. The highest BCUT2D eigenvalue weighted by atomic mass is 127. The van der Waals surface area contributed by atoms with Crippen LogP contribution in [0.5, 0.6) is 0 Å². The van der Waals surface area contributed by atoms with Gasteiger partial charge in [0.25, 0.3) is 0 Å². The van der Waals surface area contributed by atoms with Crippen molar-refractivity contribution < 1.29 is 9.53 Å². The molecule has 3 N–H and O–H groups in total. The van der Waals surface area contributed by atoms with Crippen molar-refractivity contribution in [3.8, 4) is 0 Å². The Kier molecular flexibility index (Phi) is 16.9. The van der Waals surface area contributed by atoms with Gasteiger partial charge in [-0.05, 0) is 13.3 Å². The fourth-order valence-corrected chi connectivity index (χ4v) is 1.24. The van der Waals surface area contributed by atoms with Gasteiger partial charge in [-0.3, -0.25) is 9.79 Å². The van der Waals surface area contributed by atoms with Crippen molar-refractivity contribution in [3.05, 3.63) is 0 Å². The van der Waals surface area contributed by atoms with E-state index in [1.54, 1.807) is 7.11 Å². The summed E-state index contributed by atoms with van der Waals surface area (Å²) in [6, 6.07) is 0. The second-order valence-electron chi connectivity index (χ2n) is 3.78. The van der Waals surface area contributed by atoms with Crippen LogP contribution in [0.15, 0.2) is 4.99 Å². The number of nitrogens with zero attached hydrogens (tertiary/aromatic N) is 1. The third-order valence-electron chi connectivity index (χ3n) is 2.13. The van der Waals surface area contributed by atoms with Crippen molar-refractivity contribution in [2.45, 2.75) is 26.7 Å². The van der Waals surface area contributed by atoms with Crippen molar-refractivity contribution in [2.75, 3.05) is 39.9 Å². The second kappa shape index (κ2) is 15.5. The maximum atomic E-state index is 11.4. The summed E-state index contributed by atoms with van der Waals surface area (Å²) in [5.41, 5.74) is 0. The van der Waals surface area contributed by atoms with Crippen LogP contribution < -0.4 is 16.0 Å². The van der Waals surface area contributed by atoms with Crippen LogP contribution in [0.1, 0.15) is 26.7 Å². The summed E-state index contributed by atoms with van der Waals surface area (Å²) >= 11 is 0. The number of aliphatic imine (C=N–C) groups is 1. The molecule has 1 amide bonds. The van der Waals surface area contributed by atoms with E-state index in [2.05, 4.69) is 20.9 Å². The first kappa shape index (κ1) is 20.7. The Morgan fingerprint density at radius 2 is 1.89 bits per heavy atom. The van der Waals surface area contributed by atoms with Crippen LogP contribution in [0.2, 0.25) is 0 Å². The molecule has 114 valence electrons. The molecule has 0 fully saturated rings. The van der Waals surface area contributed by atoms with E-state index in [4.69, 9.17) is 4.74 Å². The van der Waals surface area contributed by atoms with Gasteiger partial charge in [0.15, 0.2) is 5.96 Å². The number of guanidine groups is 1. The standard InChI is InChI=1S/C12H26N4O2.HI/c1-4-7-14-11(17)6-8-15-12(13-5-2)16-9-10-18-3;/h4-10H2,1-3H3,(H,14,17)(H2,13,15,16);1H. The minimum Gasteiger partial charge on any atom is -0.383 e. The highest BCUT2D eigenvalue weighted by Crippen LogP contribution is 1.81. The van der Waals surface area contributed by atoms with Crippen molar-refractivity contribution in [2.24, 2.45) is 4.99 Å². The molecule has 0 saturated heterocycles. The molecule has 0 spiro atoms. The van der Waals surface area contributed by atoms with Gasteiger partial charge in [-0.1, -0.05) is 6.92 Å². The molecule has 7 heteroatoms. The maximum Gasteiger partial charge on any atom is 0.221 e. The molecule has 0 aliphatic rings. The van der Waals surface area contributed by atoms with Crippen LogP contribution >= 0.6 is 24.0 Å². The lowest BCUT2D eigenvalue weighted by Crippen LogP contribution is -2.39. The molecule has 0 aromatic carbocycles. The van der Waals surface area contributed by atoms with Crippen molar-refractivity contribution >= 4 is 35.8 Å². The predicted molar refractivity (Wildman–Crippen MR) is 89.2 cm³/mol. The Balaban J connectivity index is 0. The molecule has 0 rings (SSSR count). The van der Waals surface area contributed by atoms with E-state index < -0.39 is 0 Å². The molecule has 0 radical (unpaired) electrons. The number of rotatable bonds is 9. The minimum absolute atomic E-state index is 0. The predicted octanol–water partition coefficient (Wildman–Crippen LogP) is 0.722. The lowest BCUT2D eigenvalue weighted by atomic mass is 10.4. The summed E-state index contributed by atoms with van der Waals surface area (Å²) in [7, 11) is 1.65. The van der Waals surface area contributed by atoms with Gasteiger partial charge in [-0.15, -0.1) is 24.0 Å². The van der Waals surface area contributed by atoms with Crippen LogP contribution in [-0.4, -0.2) is 51.8 Å². The lowest BCUT2D eigenvalue weighted by Gasteiger charge is -2.11. The van der Waals surface area contributed by atoms with Crippen LogP contribution in [0.4, 0.5) is 0 Å². The fourth-order valence-electron chi connectivity index (χ4n) is 1.24. The monoisotopic (exact) mass is 386 g/mol. The lowest BCUT2D eigenvalue weighted by molar-refractivity contribution is -0.120. The summed E-state index contributed by atoms with van der Waals surface area (Å²) in [6.07, 6.45) is 1.41. The maximum absolute atomic E-state index is 11.4. The number of hydrogen-bond acceptors (Lipinski definition) is 3. The van der Waals surface area contributed by atoms with Crippen LogP contribution in [0, 0.1) is 0 Å². The SMILES string of the molecule is CCCNC(=O)CCNC(=NCCOC)NCC.I. The normalized spacial score (nSPS) is 10.6. The van der Waals surface area contributed by atoms with Gasteiger partial charge in [-0.25, -0.2) is 0 Å². The zero-order valence-corrected chi connectivity index (χ0v) is 14.5. The largest absolute Gasteiger partial charge is 0.383 e. The van der Waals surface area contributed by atoms with Gasteiger partial charge in [-0.2, -0.15) is 0 Å². The average molecular weight is 386 g/mol. The molecular weight excluding hydrogens is 359 g/mol. The zero-order chi connectivity index (χ0) is 13.6. The number of carbonyl (C=O) groups excluding carboxylic acids is 1. The third-order valence-corrected chi connectivity index (χ3v) is 2.13. The van der Waals surface area contributed by atoms with Crippen molar-refractivity contribution in [3.63, 3.8) is 0 Å². The smallest absolute Gasteiger partial charge is 0.221 e. The number of ether oxygens (including phenoxy) is 1. The van der Waals surface area contributed by atoms with Crippen LogP contribution in [0.25, 0.3) is 0 Å². The number of halogens is 1. The first-order valence-electron chi connectivity index (χ1n) is 6.52. The zero-order valence-electron chi connectivity index (χ0n) is 12.1. The molecule has 0 heterocycles. The first-order chi connectivity index (χ1) is 8.74. The van der Waals surface area contributed by atoms with E-state index in [1.807, 2.05) is 13.8 Å². The molecular formula is C12H27IN4O2. The van der Waals surface area contributed by atoms with Crippen LogP contribution in [0.3, 0.4) is 0 Å². The molecule has 0 bridgehead atoms. The first-order valence-corrected chi connectivity index (χ1v) is 6.52. The number of amides is 1. The molecule has 6 nitrogen and oxygen atoms in total. The van der Waals surface area contributed by atoms with Crippen molar-refractivity contribution in [1.29, 1.82) is 0 Å². The van der Waals surface area contributed by atoms with Gasteiger partial charge >= 0.3 is 0 Å². The van der Waals surface area contributed by atoms with E-state index in [9.17, 15) is 4.79 Å². The van der Waals surface area contributed by atoms with Gasteiger partial charge in [0.2, 0.25) is 5.91 Å². The summed E-state index contributed by atoms with van der Waals surface area (Å²) in [4.78, 5) is 15.7. The Hall–Kier alpha value is -0.570. The summed E-state index contributed by atoms with van der Waals surface area (Å²) in [6.45, 7) is 7.34. The molecule has 19 heavy (non-hydrogen) atoms. The Morgan fingerprint density at radius 1 is 1.16 bits per heavy atom. The number of carbonyl (C=O) groups is 1. The third kappa shape index (κ3) is 13.7. The molecule has 0 aromatic rings. The topological polar surface area (TPSA) is 74.8 Å². The van der Waals surface area contributed by atoms with E-state index in [1.165, 1.54) is 0 Å². The molecule has 0 unspecified atom stereocenters. The summed E-state index contributed by atoms with van der Waals surface area (Å²) in [5.74, 6) is 0.787. The van der Waals surface area contributed by atoms with E-state index in [-0.39, 0.29) is 29.9 Å². The van der Waals surface area contributed by atoms with Gasteiger partial charge in [0, 0.05) is 33.2 Å². The van der Waals surface area contributed by atoms with Crippen molar-refractivity contribution in [1.82, 2.24) is 16.0 Å². The van der Waals surface area contributed by atoms with E-state index in [0.717, 1.165) is 25.5 Å². The van der Waals surface area contributed by atoms with Gasteiger partial charge in [0.1, 0.15) is 0 Å². The average Bonchev–Trinajstić information content (AvgIpc) is 2.36. The molecule has 0 saturated carbocycles. The van der Waals surface area contributed by atoms with Gasteiger partial charge < -0.3 is 20.7 Å². The number of methoxy groups -OCH3 is 1. The molecule has 0 aliphatic carbocycles. The Morgan fingerprint density at radius 3 is 2.47 bits per heavy atom. The number of nitrogens with one attached hydrogen (secondary N) is 3. The van der Waals surface area contributed by atoms with Gasteiger partial charge in [0.05, 0.1) is 13.2 Å². The van der Waals surface area contributed by atoms with E-state index in [0.29, 0.717) is 26.1 Å². The van der Waals surface area contributed by atoms with E-state index >= 15 is 0 Å². The highest BCUT2D eigenvalue weighted by molar-refractivity contribution is 14.0. The quantitative estimate of drug-likeness (QED) is 0.236. The molecule has 0 aliphatic heterocycles. The van der Waals surface area contributed by atoms with Crippen LogP contribution in [-0.2, 0) is 9.53 Å². The summed E-state index contributed by atoms with van der Waals surface area (Å²) < 4.78 is 4.93. The fraction of sp³-hybridized carbons (Fsp3) is 0.833. The second-order valence-corrected chi connectivity index (χ2v) is 3.78. The Labute approximate surface area is 133 Å². The number of hydrogen-bond donors (Lipinski definition) is 3.